The number of rotatable bonds is 8. The second kappa shape index (κ2) is 9.84. The summed E-state index contributed by atoms with van der Waals surface area (Å²) in [7, 11) is 0. The van der Waals surface area contributed by atoms with Crippen LogP contribution in [0.4, 0.5) is 25.8 Å². The molecule has 3 aromatic rings. The lowest BCUT2D eigenvalue weighted by atomic mass is 10.2. The van der Waals surface area contributed by atoms with Crippen molar-refractivity contribution in [3.63, 3.8) is 0 Å². The van der Waals surface area contributed by atoms with Gasteiger partial charge in [0.2, 0.25) is 0 Å². The smallest absolute Gasteiger partial charge is 0.182 e. The van der Waals surface area contributed by atoms with Gasteiger partial charge in [-0.25, -0.2) is 13.8 Å². The van der Waals surface area contributed by atoms with Crippen molar-refractivity contribution in [1.29, 1.82) is 0 Å². The van der Waals surface area contributed by atoms with Gasteiger partial charge in [0, 0.05) is 10.8 Å². The Labute approximate surface area is 184 Å². The van der Waals surface area contributed by atoms with E-state index in [1.807, 2.05) is 13.8 Å². The van der Waals surface area contributed by atoms with E-state index in [1.54, 1.807) is 25.1 Å². The van der Waals surface area contributed by atoms with Crippen LogP contribution in [-0.4, -0.2) is 32.7 Å². The summed E-state index contributed by atoms with van der Waals surface area (Å²) in [4.78, 5) is 3.90. The van der Waals surface area contributed by atoms with Crippen LogP contribution in [0.15, 0.2) is 35.1 Å². The minimum absolute atomic E-state index is 0.0485. The number of aliphatic hydroxyl groups excluding tert-OH is 2. The lowest BCUT2D eigenvalue weighted by Gasteiger charge is -2.20. The lowest BCUT2D eigenvalue weighted by molar-refractivity contribution is 0.0865. The van der Waals surface area contributed by atoms with Crippen LogP contribution >= 0.6 is 11.9 Å². The van der Waals surface area contributed by atoms with E-state index in [1.165, 1.54) is 18.0 Å². The summed E-state index contributed by atoms with van der Waals surface area (Å²) in [5.41, 5.74) is 1.64. The number of nitrogens with zero attached hydrogens (tertiary/aromatic N) is 1. The number of halogens is 2. The quantitative estimate of drug-likeness (QED) is 0.335. The molecule has 6 nitrogen and oxygen atoms in total. The number of aromatic nitrogens is 1. The first-order valence-electron chi connectivity index (χ1n) is 10.2. The molecule has 1 unspecified atom stereocenters. The van der Waals surface area contributed by atoms with Gasteiger partial charge in [-0.2, -0.15) is 0 Å². The van der Waals surface area contributed by atoms with Crippen molar-refractivity contribution in [3.8, 4) is 0 Å². The highest BCUT2D eigenvalue weighted by Gasteiger charge is 2.45. The van der Waals surface area contributed by atoms with Crippen molar-refractivity contribution < 1.29 is 23.4 Å². The zero-order valence-electron chi connectivity index (χ0n) is 17.7. The van der Waals surface area contributed by atoms with Crippen LogP contribution in [-0.2, 0) is 0 Å². The van der Waals surface area contributed by atoms with Crippen LogP contribution in [0.5, 0.6) is 0 Å². The van der Waals surface area contributed by atoms with Gasteiger partial charge < -0.3 is 24.7 Å². The van der Waals surface area contributed by atoms with Crippen LogP contribution in [0.2, 0.25) is 0 Å². The topological polar surface area (TPSA) is 90.5 Å². The summed E-state index contributed by atoms with van der Waals surface area (Å²) >= 11 is 1.35. The van der Waals surface area contributed by atoms with E-state index >= 15 is 4.39 Å². The van der Waals surface area contributed by atoms with Gasteiger partial charge in [-0.1, -0.05) is 19.9 Å². The first kappa shape index (κ1) is 23.3. The summed E-state index contributed by atoms with van der Waals surface area (Å²) in [6.07, 6.45) is 2.50. The Morgan fingerprint density at radius 3 is 2.61 bits per heavy atom. The van der Waals surface area contributed by atoms with Crippen molar-refractivity contribution in [2.75, 3.05) is 16.6 Å². The van der Waals surface area contributed by atoms with E-state index in [9.17, 15) is 9.50 Å². The largest absolute Gasteiger partial charge is 0.443 e. The molecule has 0 saturated heterocycles. The second-order valence-corrected chi connectivity index (χ2v) is 8.62. The molecule has 0 bridgehead atoms. The normalized spacial score (nSPS) is 15.2. The molecule has 0 spiro atoms. The number of benzene rings is 2. The van der Waals surface area contributed by atoms with Crippen LogP contribution in [0.3, 0.4) is 0 Å². The summed E-state index contributed by atoms with van der Waals surface area (Å²) < 4.78 is 37.6. The van der Waals surface area contributed by atoms with Crippen molar-refractivity contribution in [2.45, 2.75) is 50.9 Å². The van der Waals surface area contributed by atoms with Crippen LogP contribution in [0.25, 0.3) is 11.1 Å². The number of hydrogen-bond donors (Lipinski definition) is 4. The maximum absolute atomic E-state index is 15.1. The van der Waals surface area contributed by atoms with Gasteiger partial charge in [0.15, 0.2) is 17.8 Å². The predicted octanol–water partition coefficient (Wildman–Crippen LogP) is 5.52. The molecule has 9 heteroatoms. The number of aliphatic hydroxyl groups is 2. The van der Waals surface area contributed by atoms with Crippen molar-refractivity contribution >= 4 is 40.1 Å². The molecule has 1 aliphatic rings. The Kier molecular flexibility index (Phi) is 7.40. The number of nitrogens with one attached hydrogen (secondary N) is 2. The molecular formula is C22H27F2N3O3S. The lowest BCUT2D eigenvalue weighted by Crippen LogP contribution is -2.21. The molecule has 0 radical (unpaired) electrons. The Morgan fingerprint density at radius 1 is 1.23 bits per heavy atom. The van der Waals surface area contributed by atoms with Gasteiger partial charge in [0.1, 0.15) is 17.0 Å². The van der Waals surface area contributed by atoms with E-state index in [0.29, 0.717) is 12.1 Å². The molecule has 4 rings (SSSR count). The van der Waals surface area contributed by atoms with Crippen LogP contribution in [0.1, 0.15) is 38.7 Å². The fraction of sp³-hybridized carbons (Fsp3) is 0.409. The minimum atomic E-state index is -0.806. The molecule has 4 N–H and O–H groups in total. The molecule has 31 heavy (non-hydrogen) atoms. The molecule has 0 amide bonds. The summed E-state index contributed by atoms with van der Waals surface area (Å²) in [6.45, 7) is 5.47. The van der Waals surface area contributed by atoms with Gasteiger partial charge in [-0.05, 0) is 55.8 Å². The fourth-order valence-electron chi connectivity index (χ4n) is 3.17. The highest BCUT2D eigenvalue weighted by molar-refractivity contribution is 8.02. The van der Waals surface area contributed by atoms with Gasteiger partial charge in [-0.3, -0.25) is 0 Å². The molecule has 1 heterocycles. The average Bonchev–Trinajstić information content (AvgIpc) is 3.35. The summed E-state index contributed by atoms with van der Waals surface area (Å²) in [5, 5.41) is 21.7. The maximum atomic E-state index is 15.1. The first-order valence-corrected chi connectivity index (χ1v) is 11.0. The van der Waals surface area contributed by atoms with Gasteiger partial charge in [-0.15, -0.1) is 0 Å². The third-order valence-corrected chi connectivity index (χ3v) is 6.28. The monoisotopic (exact) mass is 451 g/mol. The zero-order valence-corrected chi connectivity index (χ0v) is 18.5. The van der Waals surface area contributed by atoms with Crippen molar-refractivity contribution in [2.24, 2.45) is 0 Å². The molecule has 1 atom stereocenters. The molecule has 1 fully saturated rings. The SMILES string of the molecule is CC.Cc1ccc(Nc2c(NSC3(CC(O)CO)CC3)cc3ocnc3c2F)c(F)c1. The Hall–Kier alpha value is -2.36. The second-order valence-electron chi connectivity index (χ2n) is 7.35. The van der Waals surface area contributed by atoms with Gasteiger partial charge in [0.25, 0.3) is 0 Å². The molecule has 168 valence electrons. The van der Waals surface area contributed by atoms with Crippen molar-refractivity contribution in [3.05, 3.63) is 47.9 Å². The fourth-order valence-corrected chi connectivity index (χ4v) is 4.24. The number of anilines is 3. The molecule has 0 aliphatic heterocycles. The predicted molar refractivity (Wildman–Crippen MR) is 121 cm³/mol. The molecule has 1 saturated carbocycles. The van der Waals surface area contributed by atoms with Crippen LogP contribution < -0.4 is 10.0 Å². The van der Waals surface area contributed by atoms with Gasteiger partial charge in [0.05, 0.1) is 24.1 Å². The standard InChI is InChI=1S/C20H21F2N3O3S.C2H6/c1-11-2-3-14(13(21)6-11)24-18-15(7-16-19(17(18)22)23-10-28-16)25-29-20(4-5-20)8-12(27)9-26;1-2/h2-3,6-7,10,12,24-27H,4-5,8-9H2,1H3;1-2H3. The molecule has 1 aliphatic carbocycles. The Balaban J connectivity index is 0.00000132. The Bertz CT molecular complexity index is 1040. The van der Waals surface area contributed by atoms with E-state index in [2.05, 4.69) is 15.0 Å². The number of aryl methyl sites for hydroxylation is 1. The zero-order chi connectivity index (χ0) is 22.6. The third kappa shape index (κ3) is 5.28. The third-order valence-electron chi connectivity index (χ3n) is 4.95. The molecular weight excluding hydrogens is 424 g/mol. The highest BCUT2D eigenvalue weighted by Crippen LogP contribution is 2.52. The van der Waals surface area contributed by atoms with Gasteiger partial charge >= 0.3 is 0 Å². The number of oxazole rings is 1. The van der Waals surface area contributed by atoms with E-state index < -0.39 is 17.7 Å². The highest BCUT2D eigenvalue weighted by atomic mass is 32.2. The first-order chi connectivity index (χ1) is 14.9. The number of fused-ring (bicyclic) bond motifs is 1. The van der Waals surface area contributed by atoms with Crippen molar-refractivity contribution in [1.82, 2.24) is 4.98 Å². The average molecular weight is 452 g/mol. The minimum Gasteiger partial charge on any atom is -0.443 e. The number of hydrogen-bond acceptors (Lipinski definition) is 7. The summed E-state index contributed by atoms with van der Waals surface area (Å²) in [5.74, 6) is -1.15. The maximum Gasteiger partial charge on any atom is 0.182 e. The molecule has 2 aromatic carbocycles. The summed E-state index contributed by atoms with van der Waals surface area (Å²) in [6, 6.07) is 6.25. The van der Waals surface area contributed by atoms with E-state index in [-0.39, 0.29) is 33.8 Å². The van der Waals surface area contributed by atoms with E-state index in [4.69, 9.17) is 9.52 Å². The van der Waals surface area contributed by atoms with E-state index in [0.717, 1.165) is 24.8 Å². The Morgan fingerprint density at radius 2 is 1.97 bits per heavy atom. The van der Waals surface area contributed by atoms with Crippen LogP contribution in [0, 0.1) is 18.6 Å². The molecule has 1 aromatic heterocycles.